The second kappa shape index (κ2) is 3.92. The second-order valence-corrected chi connectivity index (χ2v) is 4.06. The normalized spacial score (nSPS) is 26.6. The highest BCUT2D eigenvalue weighted by Crippen LogP contribution is 2.19. The van der Waals surface area contributed by atoms with Gasteiger partial charge >= 0.3 is 0 Å². The molecule has 1 aliphatic heterocycles. The van der Waals surface area contributed by atoms with Gasteiger partial charge in [-0.25, -0.2) is 0 Å². The lowest BCUT2D eigenvalue weighted by molar-refractivity contribution is -0.125. The summed E-state index contributed by atoms with van der Waals surface area (Å²) in [5.41, 5.74) is -0.141. The molecule has 0 aromatic heterocycles. The van der Waals surface area contributed by atoms with Gasteiger partial charge in [0.1, 0.15) is 0 Å². The van der Waals surface area contributed by atoms with E-state index in [0.29, 0.717) is 12.5 Å². The molecule has 1 heterocycles. The Morgan fingerprint density at radius 3 is 3.00 bits per heavy atom. The zero-order valence-corrected chi connectivity index (χ0v) is 8.39. The van der Waals surface area contributed by atoms with Crippen LogP contribution in [0.4, 0.5) is 0 Å². The molecule has 2 N–H and O–H groups in total. The number of piperidine rings is 1. The van der Waals surface area contributed by atoms with Gasteiger partial charge in [0, 0.05) is 24.5 Å². The standard InChI is InChI=1S/C10H18N2O/c1-4-7-11-8-5-6-9(13)12-10(8,2)3/h4,8,11H,1,5-7H2,2-3H3,(H,12,13). The van der Waals surface area contributed by atoms with Gasteiger partial charge in [0.2, 0.25) is 5.91 Å². The van der Waals surface area contributed by atoms with Crippen molar-refractivity contribution in [1.29, 1.82) is 0 Å². The molecule has 0 aromatic rings. The first kappa shape index (κ1) is 10.3. The predicted molar refractivity (Wildman–Crippen MR) is 53.4 cm³/mol. The maximum Gasteiger partial charge on any atom is 0.220 e. The molecule has 3 nitrogen and oxygen atoms in total. The zero-order chi connectivity index (χ0) is 9.90. The van der Waals surface area contributed by atoms with E-state index in [0.717, 1.165) is 13.0 Å². The molecule has 0 aromatic carbocycles. The Morgan fingerprint density at radius 2 is 2.46 bits per heavy atom. The van der Waals surface area contributed by atoms with Crippen molar-refractivity contribution in [2.45, 2.75) is 38.3 Å². The minimum absolute atomic E-state index is 0.141. The van der Waals surface area contributed by atoms with Crippen LogP contribution >= 0.6 is 0 Å². The molecule has 1 fully saturated rings. The molecule has 1 aliphatic rings. The predicted octanol–water partition coefficient (Wildman–Crippen LogP) is 0.819. The van der Waals surface area contributed by atoms with Gasteiger partial charge in [0.15, 0.2) is 0 Å². The SMILES string of the molecule is C=CCNC1CCC(=O)NC1(C)C. The number of hydrogen-bond donors (Lipinski definition) is 2. The van der Waals surface area contributed by atoms with Crippen LogP contribution in [0.2, 0.25) is 0 Å². The molecule has 13 heavy (non-hydrogen) atoms. The Hall–Kier alpha value is -0.830. The van der Waals surface area contributed by atoms with Crippen molar-refractivity contribution in [3.05, 3.63) is 12.7 Å². The van der Waals surface area contributed by atoms with Crippen LogP contribution < -0.4 is 10.6 Å². The van der Waals surface area contributed by atoms with Crippen molar-refractivity contribution in [3.8, 4) is 0 Å². The van der Waals surface area contributed by atoms with Crippen molar-refractivity contribution in [3.63, 3.8) is 0 Å². The van der Waals surface area contributed by atoms with Gasteiger partial charge in [-0.2, -0.15) is 0 Å². The van der Waals surface area contributed by atoms with Gasteiger partial charge in [-0.05, 0) is 20.3 Å². The first-order chi connectivity index (χ1) is 6.06. The summed E-state index contributed by atoms with van der Waals surface area (Å²) in [6.07, 6.45) is 3.37. The zero-order valence-electron chi connectivity index (χ0n) is 8.39. The van der Waals surface area contributed by atoms with Gasteiger partial charge in [0.25, 0.3) is 0 Å². The van der Waals surface area contributed by atoms with Crippen LogP contribution in [0.3, 0.4) is 0 Å². The molecule has 1 atom stereocenters. The molecule has 0 saturated carbocycles. The molecular weight excluding hydrogens is 164 g/mol. The Balaban J connectivity index is 2.53. The third-order valence-electron chi connectivity index (χ3n) is 2.50. The first-order valence-corrected chi connectivity index (χ1v) is 4.71. The summed E-state index contributed by atoms with van der Waals surface area (Å²) < 4.78 is 0. The van der Waals surface area contributed by atoms with Crippen molar-refractivity contribution in [1.82, 2.24) is 10.6 Å². The molecule has 3 heteroatoms. The molecule has 1 unspecified atom stereocenters. The van der Waals surface area contributed by atoms with Crippen molar-refractivity contribution < 1.29 is 4.79 Å². The summed E-state index contributed by atoms with van der Waals surface area (Å²) >= 11 is 0. The average Bonchev–Trinajstić information content (AvgIpc) is 2.01. The fourth-order valence-electron chi connectivity index (χ4n) is 1.73. The molecule has 0 bridgehead atoms. The third kappa shape index (κ3) is 2.56. The smallest absolute Gasteiger partial charge is 0.220 e. The van der Waals surface area contributed by atoms with Gasteiger partial charge in [-0.1, -0.05) is 6.08 Å². The first-order valence-electron chi connectivity index (χ1n) is 4.71. The van der Waals surface area contributed by atoms with Crippen LogP contribution in [-0.2, 0) is 4.79 Å². The van der Waals surface area contributed by atoms with Gasteiger partial charge < -0.3 is 10.6 Å². The molecule has 74 valence electrons. The Bertz CT molecular complexity index is 209. The lowest BCUT2D eigenvalue weighted by atomic mass is 9.87. The van der Waals surface area contributed by atoms with Gasteiger partial charge in [-0.15, -0.1) is 6.58 Å². The largest absolute Gasteiger partial charge is 0.350 e. The van der Waals surface area contributed by atoms with E-state index in [1.165, 1.54) is 0 Å². The minimum atomic E-state index is -0.141. The molecule has 1 saturated heterocycles. The highest BCUT2D eigenvalue weighted by molar-refractivity contribution is 5.77. The van der Waals surface area contributed by atoms with E-state index in [-0.39, 0.29) is 11.4 Å². The molecule has 0 aliphatic carbocycles. The maximum atomic E-state index is 11.1. The number of amides is 1. The number of carbonyl (C=O) groups is 1. The van der Waals surface area contributed by atoms with Gasteiger partial charge in [-0.3, -0.25) is 4.79 Å². The fraction of sp³-hybridized carbons (Fsp3) is 0.700. The van der Waals surface area contributed by atoms with E-state index < -0.39 is 0 Å². The molecule has 1 amide bonds. The Labute approximate surface area is 79.6 Å². The monoisotopic (exact) mass is 182 g/mol. The van der Waals surface area contributed by atoms with Crippen LogP contribution in [0.5, 0.6) is 0 Å². The van der Waals surface area contributed by atoms with Crippen LogP contribution in [0, 0.1) is 0 Å². The summed E-state index contributed by atoms with van der Waals surface area (Å²) in [6.45, 7) is 8.55. The van der Waals surface area contributed by atoms with Crippen molar-refractivity contribution in [2.24, 2.45) is 0 Å². The summed E-state index contributed by atoms with van der Waals surface area (Å²) in [5.74, 6) is 0.154. The van der Waals surface area contributed by atoms with Gasteiger partial charge in [0.05, 0.1) is 0 Å². The number of rotatable bonds is 3. The summed E-state index contributed by atoms with van der Waals surface area (Å²) in [4.78, 5) is 11.1. The highest BCUT2D eigenvalue weighted by atomic mass is 16.1. The average molecular weight is 182 g/mol. The fourth-order valence-corrected chi connectivity index (χ4v) is 1.73. The Kier molecular flexibility index (Phi) is 3.09. The molecule has 0 radical (unpaired) electrons. The topological polar surface area (TPSA) is 41.1 Å². The van der Waals surface area contributed by atoms with E-state index in [9.17, 15) is 4.79 Å². The van der Waals surface area contributed by atoms with Crippen LogP contribution in [0.15, 0.2) is 12.7 Å². The third-order valence-corrected chi connectivity index (χ3v) is 2.50. The Morgan fingerprint density at radius 1 is 1.77 bits per heavy atom. The van der Waals surface area contributed by atoms with E-state index in [1.54, 1.807) is 0 Å². The molecule has 1 rings (SSSR count). The van der Waals surface area contributed by atoms with Crippen LogP contribution in [-0.4, -0.2) is 24.0 Å². The van der Waals surface area contributed by atoms with E-state index >= 15 is 0 Å². The minimum Gasteiger partial charge on any atom is -0.350 e. The lowest BCUT2D eigenvalue weighted by Crippen LogP contribution is -2.61. The lowest BCUT2D eigenvalue weighted by Gasteiger charge is -2.39. The number of nitrogens with one attached hydrogen (secondary N) is 2. The quantitative estimate of drug-likeness (QED) is 0.634. The molecule has 0 spiro atoms. The van der Waals surface area contributed by atoms with Crippen LogP contribution in [0.1, 0.15) is 26.7 Å². The number of carbonyl (C=O) groups excluding carboxylic acids is 1. The van der Waals surface area contributed by atoms with Crippen LogP contribution in [0.25, 0.3) is 0 Å². The van der Waals surface area contributed by atoms with E-state index in [4.69, 9.17) is 0 Å². The second-order valence-electron chi connectivity index (χ2n) is 4.06. The van der Waals surface area contributed by atoms with Crippen molar-refractivity contribution >= 4 is 5.91 Å². The number of hydrogen-bond acceptors (Lipinski definition) is 2. The summed E-state index contributed by atoms with van der Waals surface area (Å²) in [5, 5.41) is 6.33. The maximum absolute atomic E-state index is 11.1. The van der Waals surface area contributed by atoms with Crippen molar-refractivity contribution in [2.75, 3.05) is 6.54 Å². The summed E-state index contributed by atoms with van der Waals surface area (Å²) in [6, 6.07) is 0.350. The van der Waals surface area contributed by atoms with E-state index in [1.807, 2.05) is 19.9 Å². The van der Waals surface area contributed by atoms with E-state index in [2.05, 4.69) is 17.2 Å². The highest BCUT2D eigenvalue weighted by Gasteiger charge is 2.34. The summed E-state index contributed by atoms with van der Waals surface area (Å²) in [7, 11) is 0. The molecular formula is C10H18N2O.